The molecular formula is C13H20N2S. The average molecular weight is 236 g/mol. The molecule has 1 aliphatic heterocycles. The van der Waals surface area contributed by atoms with Crippen LogP contribution in [0.5, 0.6) is 0 Å². The van der Waals surface area contributed by atoms with E-state index >= 15 is 0 Å². The van der Waals surface area contributed by atoms with Crippen LogP contribution in [-0.2, 0) is 0 Å². The predicted molar refractivity (Wildman–Crippen MR) is 70.5 cm³/mol. The van der Waals surface area contributed by atoms with E-state index in [1.807, 2.05) is 11.8 Å². The first-order chi connectivity index (χ1) is 7.77. The Hall–Kier alpha value is -0.510. The highest BCUT2D eigenvalue weighted by atomic mass is 32.2. The fraction of sp³-hybridized carbons (Fsp3) is 0.538. The van der Waals surface area contributed by atoms with Crippen LogP contribution in [0.1, 0.15) is 31.7 Å². The summed E-state index contributed by atoms with van der Waals surface area (Å²) in [5.74, 6) is 8.05. The fourth-order valence-corrected chi connectivity index (χ4v) is 3.72. The Morgan fingerprint density at radius 3 is 2.94 bits per heavy atom. The Bertz CT molecular complexity index is 354. The Balaban J connectivity index is 2.23. The minimum absolute atomic E-state index is 0.390. The van der Waals surface area contributed by atoms with Crippen molar-refractivity contribution >= 4 is 11.8 Å². The van der Waals surface area contributed by atoms with Gasteiger partial charge in [0.15, 0.2) is 0 Å². The monoisotopic (exact) mass is 236 g/mol. The van der Waals surface area contributed by atoms with Gasteiger partial charge >= 0.3 is 0 Å². The third-order valence-corrected chi connectivity index (χ3v) is 4.83. The van der Waals surface area contributed by atoms with Crippen LogP contribution >= 0.6 is 11.8 Å². The van der Waals surface area contributed by atoms with E-state index in [-0.39, 0.29) is 0 Å². The van der Waals surface area contributed by atoms with Gasteiger partial charge in [0.25, 0.3) is 0 Å². The summed E-state index contributed by atoms with van der Waals surface area (Å²) < 4.78 is 0. The lowest BCUT2D eigenvalue weighted by Gasteiger charge is -2.28. The summed E-state index contributed by atoms with van der Waals surface area (Å²) in [4.78, 5) is 1.43. The van der Waals surface area contributed by atoms with Gasteiger partial charge in [-0.2, -0.15) is 0 Å². The van der Waals surface area contributed by atoms with Gasteiger partial charge in [-0.3, -0.25) is 11.3 Å². The molecule has 0 saturated heterocycles. The summed E-state index contributed by atoms with van der Waals surface area (Å²) in [5, 5.41) is 0. The molecular weight excluding hydrogens is 216 g/mol. The second kappa shape index (κ2) is 5.21. The summed E-state index contributed by atoms with van der Waals surface area (Å²) in [5.41, 5.74) is 4.49. The number of hydrazine groups is 1. The Morgan fingerprint density at radius 2 is 2.25 bits per heavy atom. The van der Waals surface area contributed by atoms with Gasteiger partial charge in [0.2, 0.25) is 0 Å². The van der Waals surface area contributed by atoms with Crippen LogP contribution in [0.25, 0.3) is 0 Å². The minimum Gasteiger partial charge on any atom is -0.271 e. The molecule has 1 aromatic carbocycles. The van der Waals surface area contributed by atoms with Crippen molar-refractivity contribution in [2.24, 2.45) is 11.8 Å². The third kappa shape index (κ3) is 2.12. The van der Waals surface area contributed by atoms with E-state index in [1.165, 1.54) is 10.5 Å². The zero-order valence-corrected chi connectivity index (χ0v) is 10.8. The van der Waals surface area contributed by atoms with Crippen molar-refractivity contribution in [2.75, 3.05) is 5.75 Å². The Labute approximate surface area is 102 Å². The SMILES string of the molecule is CCC(C)C(NN)C1CSc2ccccc21. The van der Waals surface area contributed by atoms with Crippen LogP contribution in [0, 0.1) is 5.92 Å². The van der Waals surface area contributed by atoms with E-state index in [2.05, 4.69) is 43.5 Å². The van der Waals surface area contributed by atoms with Crippen molar-refractivity contribution in [1.29, 1.82) is 0 Å². The second-order valence-electron chi connectivity index (χ2n) is 4.53. The van der Waals surface area contributed by atoms with E-state index in [1.54, 1.807) is 0 Å². The molecule has 0 bridgehead atoms. The van der Waals surface area contributed by atoms with Gasteiger partial charge in [-0.05, 0) is 17.5 Å². The van der Waals surface area contributed by atoms with Gasteiger partial charge in [-0.15, -0.1) is 11.8 Å². The van der Waals surface area contributed by atoms with E-state index in [0.717, 1.165) is 12.2 Å². The number of hydrogen-bond acceptors (Lipinski definition) is 3. The molecule has 3 N–H and O–H groups in total. The standard InChI is InChI=1S/C13H20N2S/c1-3-9(2)13(15-14)11-8-16-12-7-5-4-6-10(11)12/h4-7,9,11,13,15H,3,8,14H2,1-2H3. The van der Waals surface area contributed by atoms with Crippen LogP contribution < -0.4 is 11.3 Å². The Morgan fingerprint density at radius 1 is 1.50 bits per heavy atom. The first-order valence-corrected chi connectivity index (χ1v) is 6.94. The highest BCUT2D eigenvalue weighted by Crippen LogP contribution is 2.42. The first-order valence-electron chi connectivity index (χ1n) is 5.95. The molecule has 0 aliphatic carbocycles. The van der Waals surface area contributed by atoms with E-state index in [0.29, 0.717) is 17.9 Å². The maximum atomic E-state index is 5.73. The average Bonchev–Trinajstić information content (AvgIpc) is 2.74. The van der Waals surface area contributed by atoms with Crippen LogP contribution in [0.2, 0.25) is 0 Å². The van der Waals surface area contributed by atoms with Crippen molar-refractivity contribution in [3.8, 4) is 0 Å². The molecule has 2 rings (SSSR count). The predicted octanol–water partition coefficient (Wildman–Crippen LogP) is 2.75. The maximum Gasteiger partial charge on any atom is 0.0313 e. The number of nitrogens with one attached hydrogen (secondary N) is 1. The van der Waals surface area contributed by atoms with Crippen molar-refractivity contribution in [3.05, 3.63) is 29.8 Å². The zero-order valence-electron chi connectivity index (χ0n) is 9.94. The molecule has 1 aliphatic rings. The lowest BCUT2D eigenvalue weighted by atomic mass is 9.85. The van der Waals surface area contributed by atoms with Crippen molar-refractivity contribution in [2.45, 2.75) is 37.1 Å². The van der Waals surface area contributed by atoms with Crippen LogP contribution in [0.3, 0.4) is 0 Å². The molecule has 16 heavy (non-hydrogen) atoms. The molecule has 3 atom stereocenters. The van der Waals surface area contributed by atoms with Crippen molar-refractivity contribution < 1.29 is 0 Å². The smallest absolute Gasteiger partial charge is 0.0313 e. The summed E-state index contributed by atoms with van der Waals surface area (Å²) >= 11 is 1.95. The molecule has 0 aromatic heterocycles. The number of rotatable bonds is 4. The molecule has 0 spiro atoms. The lowest BCUT2D eigenvalue weighted by molar-refractivity contribution is 0.334. The maximum absolute atomic E-state index is 5.73. The van der Waals surface area contributed by atoms with Gasteiger partial charge in [0, 0.05) is 22.6 Å². The molecule has 1 heterocycles. The molecule has 3 heteroatoms. The van der Waals surface area contributed by atoms with Gasteiger partial charge in [-0.25, -0.2) is 0 Å². The van der Waals surface area contributed by atoms with Crippen LogP contribution in [0.4, 0.5) is 0 Å². The summed E-state index contributed by atoms with van der Waals surface area (Å²) in [6.45, 7) is 4.50. The second-order valence-corrected chi connectivity index (χ2v) is 5.60. The number of thioether (sulfide) groups is 1. The molecule has 0 radical (unpaired) electrons. The van der Waals surface area contributed by atoms with E-state index < -0.39 is 0 Å². The van der Waals surface area contributed by atoms with Gasteiger partial charge in [0.05, 0.1) is 0 Å². The topological polar surface area (TPSA) is 38.0 Å². The third-order valence-electron chi connectivity index (χ3n) is 3.62. The first kappa shape index (κ1) is 12.0. The molecule has 2 nitrogen and oxygen atoms in total. The van der Waals surface area contributed by atoms with Gasteiger partial charge < -0.3 is 0 Å². The number of hydrogen-bond donors (Lipinski definition) is 2. The molecule has 3 unspecified atom stereocenters. The van der Waals surface area contributed by atoms with Crippen molar-refractivity contribution in [1.82, 2.24) is 5.43 Å². The molecule has 1 aromatic rings. The lowest BCUT2D eigenvalue weighted by Crippen LogP contribution is -2.44. The zero-order chi connectivity index (χ0) is 11.5. The number of nitrogens with two attached hydrogens (primary N) is 1. The number of benzene rings is 1. The highest BCUT2D eigenvalue weighted by Gasteiger charge is 2.31. The summed E-state index contributed by atoms with van der Waals surface area (Å²) in [6, 6.07) is 9.09. The molecule has 88 valence electrons. The summed E-state index contributed by atoms with van der Waals surface area (Å²) in [7, 11) is 0. The molecule has 0 saturated carbocycles. The van der Waals surface area contributed by atoms with Gasteiger partial charge in [-0.1, -0.05) is 38.5 Å². The highest BCUT2D eigenvalue weighted by molar-refractivity contribution is 7.99. The van der Waals surface area contributed by atoms with E-state index in [4.69, 9.17) is 5.84 Å². The fourth-order valence-electron chi connectivity index (χ4n) is 2.42. The largest absolute Gasteiger partial charge is 0.271 e. The van der Waals surface area contributed by atoms with Gasteiger partial charge in [0.1, 0.15) is 0 Å². The molecule has 0 fully saturated rings. The summed E-state index contributed by atoms with van der Waals surface area (Å²) in [6.07, 6.45) is 1.16. The van der Waals surface area contributed by atoms with Crippen molar-refractivity contribution in [3.63, 3.8) is 0 Å². The number of fused-ring (bicyclic) bond motifs is 1. The van der Waals surface area contributed by atoms with Crippen LogP contribution in [0.15, 0.2) is 29.2 Å². The quantitative estimate of drug-likeness (QED) is 0.623. The molecule has 0 amide bonds. The van der Waals surface area contributed by atoms with Crippen LogP contribution in [-0.4, -0.2) is 11.8 Å². The Kier molecular flexibility index (Phi) is 3.90. The normalized spacial score (nSPS) is 22.8. The van der Waals surface area contributed by atoms with E-state index in [9.17, 15) is 0 Å². The minimum atomic E-state index is 0.390.